The van der Waals surface area contributed by atoms with Crippen LogP contribution in [0.5, 0.6) is 0 Å². The number of carbonyl (C=O) groups is 1. The minimum absolute atomic E-state index is 0.200. The van der Waals surface area contributed by atoms with Gasteiger partial charge in [-0.25, -0.2) is 9.18 Å². The van der Waals surface area contributed by atoms with Crippen molar-refractivity contribution in [1.29, 1.82) is 0 Å². The van der Waals surface area contributed by atoms with Crippen molar-refractivity contribution in [3.8, 4) is 11.8 Å². The van der Waals surface area contributed by atoms with Crippen LogP contribution in [0.2, 0.25) is 0 Å². The third kappa shape index (κ3) is 5.75. The number of amides is 1. The first kappa shape index (κ1) is 17.5. The summed E-state index contributed by atoms with van der Waals surface area (Å²) in [6, 6.07) is 13.4. The van der Waals surface area contributed by atoms with Crippen molar-refractivity contribution in [3.05, 3.63) is 71.0 Å². The number of hydrogen-bond acceptors (Lipinski definition) is 3. The fourth-order valence-corrected chi connectivity index (χ4v) is 1.96. The number of aliphatic hydroxyl groups excluding tert-OH is 1. The summed E-state index contributed by atoms with van der Waals surface area (Å²) < 4.78 is 18.2. The van der Waals surface area contributed by atoms with E-state index in [1.165, 1.54) is 18.2 Å². The second-order valence-electron chi connectivity index (χ2n) is 5.00. The highest BCUT2D eigenvalue weighted by molar-refractivity contribution is 5.67. The summed E-state index contributed by atoms with van der Waals surface area (Å²) in [5.41, 5.74) is 1.93. The summed E-state index contributed by atoms with van der Waals surface area (Å²) >= 11 is 0. The van der Waals surface area contributed by atoms with Gasteiger partial charge in [-0.15, -0.1) is 0 Å². The SMILES string of the molecule is O=C(NCCC#Cc1cc(F)ccc1CO)OCc1ccccc1. The summed E-state index contributed by atoms with van der Waals surface area (Å²) in [7, 11) is 0. The first-order chi connectivity index (χ1) is 11.7. The molecule has 0 unspecified atom stereocenters. The zero-order chi connectivity index (χ0) is 17.2. The third-order valence-corrected chi connectivity index (χ3v) is 3.20. The van der Waals surface area contributed by atoms with Gasteiger partial charge in [0.2, 0.25) is 0 Å². The zero-order valence-corrected chi connectivity index (χ0v) is 13.1. The number of carbonyl (C=O) groups excluding carboxylic acids is 1. The van der Waals surface area contributed by atoms with Gasteiger partial charge >= 0.3 is 6.09 Å². The lowest BCUT2D eigenvalue weighted by Gasteiger charge is -2.05. The molecule has 0 atom stereocenters. The van der Waals surface area contributed by atoms with Crippen molar-refractivity contribution >= 4 is 6.09 Å². The maximum Gasteiger partial charge on any atom is 0.407 e. The van der Waals surface area contributed by atoms with E-state index in [2.05, 4.69) is 17.2 Å². The topological polar surface area (TPSA) is 58.6 Å². The van der Waals surface area contributed by atoms with E-state index in [9.17, 15) is 14.3 Å². The highest BCUT2D eigenvalue weighted by atomic mass is 19.1. The summed E-state index contributed by atoms with van der Waals surface area (Å²) in [5, 5.41) is 11.8. The van der Waals surface area contributed by atoms with E-state index in [0.717, 1.165) is 5.56 Å². The van der Waals surface area contributed by atoms with Crippen molar-refractivity contribution < 1.29 is 19.0 Å². The maximum atomic E-state index is 13.2. The Hall–Kier alpha value is -2.84. The molecule has 2 N–H and O–H groups in total. The highest BCUT2D eigenvalue weighted by Crippen LogP contribution is 2.10. The molecule has 2 aromatic carbocycles. The monoisotopic (exact) mass is 327 g/mol. The van der Waals surface area contributed by atoms with E-state index in [4.69, 9.17) is 4.74 Å². The molecule has 0 radical (unpaired) electrons. The number of nitrogens with one attached hydrogen (secondary N) is 1. The molecule has 0 saturated carbocycles. The average molecular weight is 327 g/mol. The predicted octanol–water partition coefficient (Wildman–Crippen LogP) is 2.99. The first-order valence-corrected chi connectivity index (χ1v) is 7.52. The molecule has 124 valence electrons. The Bertz CT molecular complexity index is 735. The van der Waals surface area contributed by atoms with Crippen LogP contribution in [0.4, 0.5) is 9.18 Å². The second kappa shape index (κ2) is 9.33. The van der Waals surface area contributed by atoms with E-state index in [0.29, 0.717) is 24.1 Å². The van der Waals surface area contributed by atoms with Crippen LogP contribution in [-0.2, 0) is 18.0 Å². The van der Waals surface area contributed by atoms with E-state index in [1.807, 2.05) is 30.3 Å². The highest BCUT2D eigenvalue weighted by Gasteiger charge is 2.02. The number of aliphatic hydroxyl groups is 1. The first-order valence-electron chi connectivity index (χ1n) is 7.52. The van der Waals surface area contributed by atoms with Gasteiger partial charge in [0.25, 0.3) is 0 Å². The Balaban J connectivity index is 1.73. The number of ether oxygens (including phenoxy) is 1. The standard InChI is InChI=1S/C19H18FNO3/c20-18-10-9-17(13-22)16(12-18)8-4-5-11-21-19(23)24-14-15-6-2-1-3-7-15/h1-3,6-7,9-10,12,22H,5,11,13-14H2,(H,21,23). The zero-order valence-electron chi connectivity index (χ0n) is 13.1. The average Bonchev–Trinajstić information content (AvgIpc) is 2.61. The van der Waals surface area contributed by atoms with E-state index in [1.54, 1.807) is 0 Å². The van der Waals surface area contributed by atoms with Crippen LogP contribution in [0.25, 0.3) is 0 Å². The van der Waals surface area contributed by atoms with Gasteiger partial charge in [-0.1, -0.05) is 48.2 Å². The number of alkyl carbamates (subject to hydrolysis) is 1. The van der Waals surface area contributed by atoms with Crippen molar-refractivity contribution in [1.82, 2.24) is 5.32 Å². The third-order valence-electron chi connectivity index (χ3n) is 3.20. The van der Waals surface area contributed by atoms with Crippen LogP contribution in [-0.4, -0.2) is 17.7 Å². The molecule has 4 nitrogen and oxygen atoms in total. The van der Waals surface area contributed by atoms with E-state index >= 15 is 0 Å². The number of rotatable bonds is 5. The molecule has 0 aromatic heterocycles. The molecule has 0 saturated heterocycles. The van der Waals surface area contributed by atoms with Gasteiger partial charge in [0.05, 0.1) is 6.61 Å². The molecule has 2 rings (SSSR count). The summed E-state index contributed by atoms with van der Waals surface area (Å²) in [6.45, 7) is 0.334. The van der Waals surface area contributed by atoms with Crippen LogP contribution >= 0.6 is 0 Å². The molecule has 0 spiro atoms. The lowest BCUT2D eigenvalue weighted by atomic mass is 10.1. The van der Waals surface area contributed by atoms with Gasteiger partial charge in [0.15, 0.2) is 0 Å². The molecule has 0 bridgehead atoms. The molecule has 0 heterocycles. The van der Waals surface area contributed by atoms with Gasteiger partial charge in [0, 0.05) is 18.5 Å². The van der Waals surface area contributed by atoms with Crippen LogP contribution in [0.3, 0.4) is 0 Å². The number of halogens is 1. The van der Waals surface area contributed by atoms with Crippen molar-refractivity contribution in [2.75, 3.05) is 6.54 Å². The normalized spacial score (nSPS) is 9.75. The van der Waals surface area contributed by atoms with E-state index < -0.39 is 11.9 Å². The molecule has 0 aliphatic carbocycles. The minimum Gasteiger partial charge on any atom is -0.445 e. The Kier molecular flexibility index (Phi) is 6.81. The van der Waals surface area contributed by atoms with Gasteiger partial charge in [-0.05, 0) is 23.3 Å². The molecule has 1 amide bonds. The van der Waals surface area contributed by atoms with Gasteiger partial charge < -0.3 is 15.2 Å². The molecule has 2 aromatic rings. The molecular weight excluding hydrogens is 309 g/mol. The van der Waals surface area contributed by atoms with Crippen molar-refractivity contribution in [2.24, 2.45) is 0 Å². The Labute approximate surface area is 140 Å². The summed E-state index contributed by atoms with van der Waals surface area (Å²) in [5.74, 6) is 5.23. The Morgan fingerprint density at radius 3 is 2.75 bits per heavy atom. The number of hydrogen-bond donors (Lipinski definition) is 2. The van der Waals surface area contributed by atoms with Crippen LogP contribution < -0.4 is 5.32 Å². The Morgan fingerprint density at radius 1 is 1.21 bits per heavy atom. The predicted molar refractivity (Wildman–Crippen MR) is 88.4 cm³/mol. The molecule has 5 heteroatoms. The Morgan fingerprint density at radius 2 is 2.00 bits per heavy atom. The fourth-order valence-electron chi connectivity index (χ4n) is 1.96. The van der Waals surface area contributed by atoms with Gasteiger partial charge in [0.1, 0.15) is 12.4 Å². The quantitative estimate of drug-likeness (QED) is 0.656. The molecule has 24 heavy (non-hydrogen) atoms. The number of benzene rings is 2. The largest absolute Gasteiger partial charge is 0.445 e. The second-order valence-corrected chi connectivity index (χ2v) is 5.00. The van der Waals surface area contributed by atoms with Gasteiger partial charge in [-0.3, -0.25) is 0 Å². The smallest absolute Gasteiger partial charge is 0.407 e. The molecule has 0 aliphatic rings. The minimum atomic E-state index is -0.512. The summed E-state index contributed by atoms with van der Waals surface area (Å²) in [4.78, 5) is 11.5. The fraction of sp³-hybridized carbons (Fsp3) is 0.211. The summed E-state index contributed by atoms with van der Waals surface area (Å²) in [6.07, 6.45) is -0.121. The molecule has 0 aliphatic heterocycles. The maximum absolute atomic E-state index is 13.2. The molecular formula is C19H18FNO3. The van der Waals surface area contributed by atoms with Gasteiger partial charge in [-0.2, -0.15) is 0 Å². The van der Waals surface area contributed by atoms with E-state index in [-0.39, 0.29) is 13.2 Å². The van der Waals surface area contributed by atoms with Crippen molar-refractivity contribution in [2.45, 2.75) is 19.6 Å². The van der Waals surface area contributed by atoms with Crippen LogP contribution in [0.1, 0.15) is 23.1 Å². The molecule has 0 fully saturated rings. The lowest BCUT2D eigenvalue weighted by molar-refractivity contribution is 0.140. The van der Waals surface area contributed by atoms with Crippen LogP contribution in [0.15, 0.2) is 48.5 Å². The van der Waals surface area contributed by atoms with Crippen molar-refractivity contribution in [3.63, 3.8) is 0 Å². The lowest BCUT2D eigenvalue weighted by Crippen LogP contribution is -2.24. The van der Waals surface area contributed by atoms with Crippen LogP contribution in [0, 0.1) is 17.7 Å².